The van der Waals surface area contributed by atoms with Crippen LogP contribution in [0.1, 0.15) is 11.4 Å². The van der Waals surface area contributed by atoms with Crippen molar-refractivity contribution in [2.45, 2.75) is 18.7 Å². The van der Waals surface area contributed by atoms with Crippen molar-refractivity contribution in [2.75, 3.05) is 15.4 Å². The molecule has 33 heavy (non-hydrogen) atoms. The van der Waals surface area contributed by atoms with Gasteiger partial charge in [-0.3, -0.25) is 4.72 Å². The Kier molecular flexibility index (Phi) is 6.43. The zero-order valence-corrected chi connectivity index (χ0v) is 19.4. The number of benzene rings is 2. The highest BCUT2D eigenvalue weighted by molar-refractivity contribution is 7.92. The van der Waals surface area contributed by atoms with E-state index in [-0.39, 0.29) is 4.90 Å². The second-order valence-electron chi connectivity index (χ2n) is 7.20. The van der Waals surface area contributed by atoms with Crippen molar-refractivity contribution in [1.82, 2.24) is 15.0 Å². The molecule has 2 heterocycles. The van der Waals surface area contributed by atoms with E-state index in [1.807, 2.05) is 18.2 Å². The molecule has 2 aromatic heterocycles. The van der Waals surface area contributed by atoms with Crippen molar-refractivity contribution < 1.29 is 8.42 Å². The summed E-state index contributed by atoms with van der Waals surface area (Å²) >= 11 is 6.07. The van der Waals surface area contributed by atoms with E-state index in [0.717, 1.165) is 5.69 Å². The van der Waals surface area contributed by atoms with Gasteiger partial charge in [-0.15, -0.1) is 0 Å². The molecular formula is C23H21ClN6O2S. The maximum atomic E-state index is 12.8. The smallest absolute Gasteiger partial charge is 0.262 e. The topological polar surface area (TPSA) is 109 Å². The van der Waals surface area contributed by atoms with E-state index in [1.165, 1.54) is 6.07 Å². The molecule has 0 unspecified atom stereocenters. The van der Waals surface area contributed by atoms with Crippen LogP contribution in [-0.4, -0.2) is 23.4 Å². The Morgan fingerprint density at radius 2 is 1.48 bits per heavy atom. The lowest BCUT2D eigenvalue weighted by molar-refractivity contribution is 0.600. The standard InChI is InChI=1S/C23H21ClN6O2S/c1-15-19(24)6-5-7-20(15)33(31,32)30-18-11-9-17(10-12-18)28-22-14-23(27-16(2)26-22)29-21-8-3-4-13-25-21/h3-14,30H,1-2H3,(H2,25,26,27,28,29). The molecule has 4 aromatic rings. The second-order valence-corrected chi connectivity index (χ2v) is 9.25. The molecule has 0 fully saturated rings. The van der Waals surface area contributed by atoms with Gasteiger partial charge in [-0.1, -0.05) is 23.7 Å². The highest BCUT2D eigenvalue weighted by Crippen LogP contribution is 2.26. The number of halogens is 1. The maximum Gasteiger partial charge on any atom is 0.262 e. The molecule has 0 aliphatic heterocycles. The van der Waals surface area contributed by atoms with E-state index in [0.29, 0.717) is 39.6 Å². The van der Waals surface area contributed by atoms with Gasteiger partial charge in [-0.25, -0.2) is 23.4 Å². The zero-order valence-electron chi connectivity index (χ0n) is 17.9. The Labute approximate surface area is 197 Å². The minimum Gasteiger partial charge on any atom is -0.340 e. The largest absolute Gasteiger partial charge is 0.340 e. The Morgan fingerprint density at radius 3 is 2.18 bits per heavy atom. The van der Waals surface area contributed by atoms with Gasteiger partial charge in [0.25, 0.3) is 10.0 Å². The molecule has 0 spiro atoms. The first-order chi connectivity index (χ1) is 15.8. The third-order valence-corrected chi connectivity index (χ3v) is 6.61. The van der Waals surface area contributed by atoms with E-state index in [1.54, 1.807) is 62.5 Å². The van der Waals surface area contributed by atoms with E-state index in [4.69, 9.17) is 11.6 Å². The lowest BCUT2D eigenvalue weighted by Gasteiger charge is -2.13. The van der Waals surface area contributed by atoms with Gasteiger partial charge in [-0.2, -0.15) is 0 Å². The van der Waals surface area contributed by atoms with Gasteiger partial charge in [0.2, 0.25) is 0 Å². The van der Waals surface area contributed by atoms with Crippen LogP contribution in [0, 0.1) is 13.8 Å². The van der Waals surface area contributed by atoms with Gasteiger partial charge < -0.3 is 10.6 Å². The molecule has 0 saturated heterocycles. The quantitative estimate of drug-likeness (QED) is 0.323. The van der Waals surface area contributed by atoms with Crippen LogP contribution in [0.25, 0.3) is 0 Å². The average molecular weight is 481 g/mol. The van der Waals surface area contributed by atoms with Crippen LogP contribution in [0.3, 0.4) is 0 Å². The highest BCUT2D eigenvalue weighted by atomic mass is 35.5. The molecule has 0 aliphatic carbocycles. The average Bonchev–Trinajstić information content (AvgIpc) is 2.77. The normalized spacial score (nSPS) is 11.1. The van der Waals surface area contributed by atoms with Crippen molar-refractivity contribution in [3.63, 3.8) is 0 Å². The summed E-state index contributed by atoms with van der Waals surface area (Å²) < 4.78 is 28.1. The summed E-state index contributed by atoms with van der Waals surface area (Å²) in [5.74, 6) is 2.45. The second kappa shape index (κ2) is 9.43. The summed E-state index contributed by atoms with van der Waals surface area (Å²) in [5, 5.41) is 6.74. The summed E-state index contributed by atoms with van der Waals surface area (Å²) in [6, 6.07) is 19.0. The Morgan fingerprint density at radius 1 is 0.788 bits per heavy atom. The van der Waals surface area contributed by atoms with Gasteiger partial charge in [0.15, 0.2) is 0 Å². The third kappa shape index (κ3) is 5.57. The van der Waals surface area contributed by atoms with E-state index >= 15 is 0 Å². The number of hydrogen-bond donors (Lipinski definition) is 3. The Balaban J connectivity index is 1.48. The first kappa shape index (κ1) is 22.5. The molecule has 8 nitrogen and oxygen atoms in total. The van der Waals surface area contributed by atoms with Gasteiger partial charge >= 0.3 is 0 Å². The summed E-state index contributed by atoms with van der Waals surface area (Å²) in [5.41, 5.74) is 1.66. The lowest BCUT2D eigenvalue weighted by Crippen LogP contribution is -2.14. The number of aryl methyl sites for hydroxylation is 1. The van der Waals surface area contributed by atoms with Gasteiger partial charge in [0.05, 0.1) is 4.90 Å². The van der Waals surface area contributed by atoms with E-state index < -0.39 is 10.0 Å². The van der Waals surface area contributed by atoms with E-state index in [9.17, 15) is 8.42 Å². The van der Waals surface area contributed by atoms with Crippen molar-refractivity contribution in [1.29, 1.82) is 0 Å². The monoisotopic (exact) mass is 480 g/mol. The minimum absolute atomic E-state index is 0.140. The fourth-order valence-corrected chi connectivity index (χ4v) is 4.68. The molecule has 3 N–H and O–H groups in total. The minimum atomic E-state index is -3.77. The molecule has 0 radical (unpaired) electrons. The van der Waals surface area contributed by atoms with Crippen molar-refractivity contribution >= 4 is 50.5 Å². The molecule has 0 atom stereocenters. The molecular weight excluding hydrogens is 460 g/mol. The first-order valence-electron chi connectivity index (χ1n) is 9.99. The van der Waals surface area contributed by atoms with Gasteiger partial charge in [0.1, 0.15) is 23.3 Å². The maximum absolute atomic E-state index is 12.8. The number of nitrogens with zero attached hydrogens (tertiary/aromatic N) is 3. The summed E-state index contributed by atoms with van der Waals surface area (Å²) in [7, 11) is -3.77. The molecule has 2 aromatic carbocycles. The third-order valence-electron chi connectivity index (χ3n) is 4.68. The van der Waals surface area contributed by atoms with Gasteiger partial charge in [0, 0.05) is 28.7 Å². The number of aromatic nitrogens is 3. The predicted molar refractivity (Wildman–Crippen MR) is 131 cm³/mol. The van der Waals surface area contributed by atoms with Crippen molar-refractivity contribution in [3.8, 4) is 0 Å². The number of nitrogens with one attached hydrogen (secondary N) is 3. The summed E-state index contributed by atoms with van der Waals surface area (Å²) in [4.78, 5) is 13.2. The van der Waals surface area contributed by atoms with Crippen LogP contribution in [-0.2, 0) is 10.0 Å². The van der Waals surface area contributed by atoms with Crippen LogP contribution in [0.15, 0.2) is 77.8 Å². The SMILES string of the molecule is Cc1nc(Nc2ccc(NS(=O)(=O)c3cccc(Cl)c3C)cc2)cc(Nc2ccccn2)n1. The fourth-order valence-electron chi connectivity index (χ4n) is 3.12. The highest BCUT2D eigenvalue weighted by Gasteiger charge is 2.18. The predicted octanol–water partition coefficient (Wildman–Crippen LogP) is 5.43. The van der Waals surface area contributed by atoms with Crippen LogP contribution in [0.2, 0.25) is 5.02 Å². The van der Waals surface area contributed by atoms with Crippen LogP contribution in [0.5, 0.6) is 0 Å². The molecule has 0 aliphatic rings. The molecule has 168 valence electrons. The summed E-state index contributed by atoms with van der Waals surface area (Å²) in [6.07, 6.45) is 1.69. The number of hydrogen-bond acceptors (Lipinski definition) is 7. The molecule has 0 bridgehead atoms. The molecule has 0 saturated carbocycles. The number of sulfonamides is 1. The van der Waals surface area contributed by atoms with Crippen molar-refractivity contribution in [2.24, 2.45) is 0 Å². The first-order valence-corrected chi connectivity index (χ1v) is 11.8. The van der Waals surface area contributed by atoms with Crippen LogP contribution in [0.4, 0.5) is 28.8 Å². The van der Waals surface area contributed by atoms with Gasteiger partial charge in [-0.05, 0) is 67.9 Å². The lowest BCUT2D eigenvalue weighted by atomic mass is 10.2. The van der Waals surface area contributed by atoms with Crippen molar-refractivity contribution in [3.05, 3.63) is 89.3 Å². The Hall–Kier alpha value is -3.69. The number of rotatable bonds is 7. The molecule has 0 amide bonds. The van der Waals surface area contributed by atoms with Crippen LogP contribution < -0.4 is 15.4 Å². The van der Waals surface area contributed by atoms with Crippen LogP contribution >= 0.6 is 11.6 Å². The summed E-state index contributed by atoms with van der Waals surface area (Å²) in [6.45, 7) is 3.47. The molecule has 10 heteroatoms. The fraction of sp³-hybridized carbons (Fsp3) is 0.0870. The Bertz CT molecular complexity index is 1380. The van der Waals surface area contributed by atoms with E-state index in [2.05, 4.69) is 30.3 Å². The number of anilines is 5. The zero-order chi connectivity index (χ0) is 23.4. The number of pyridine rings is 1. The molecule has 4 rings (SSSR count).